The summed E-state index contributed by atoms with van der Waals surface area (Å²) in [7, 11) is 0. The molecule has 1 aliphatic heterocycles. The van der Waals surface area contributed by atoms with Crippen molar-refractivity contribution in [2.24, 2.45) is 11.1 Å². The largest absolute Gasteiger partial charge is 0.390 e. The second kappa shape index (κ2) is 3.53. The normalized spacial score (nSPS) is 24.2. The van der Waals surface area contributed by atoms with Gasteiger partial charge in [0.1, 0.15) is 6.61 Å². The molecule has 4 nitrogen and oxygen atoms in total. The smallest absolute Gasteiger partial charge is 0.158 e. The van der Waals surface area contributed by atoms with Crippen LogP contribution in [0.2, 0.25) is 0 Å². The molecule has 0 amide bonds. The number of nitrogens with two attached hydrogens (primary N) is 1. The Morgan fingerprint density at radius 2 is 2.70 bits per heavy atom. The first kappa shape index (κ1) is 7.50. The van der Waals surface area contributed by atoms with Gasteiger partial charge in [-0.3, -0.25) is 0 Å². The second-order valence-electron chi connectivity index (χ2n) is 2.28. The van der Waals surface area contributed by atoms with Crippen LogP contribution in [0.3, 0.4) is 0 Å². The first-order valence-electron chi connectivity index (χ1n) is 3.40. The summed E-state index contributed by atoms with van der Waals surface area (Å²) >= 11 is 0. The van der Waals surface area contributed by atoms with E-state index in [1.165, 1.54) is 0 Å². The van der Waals surface area contributed by atoms with Gasteiger partial charge in [-0.15, -0.1) is 0 Å². The van der Waals surface area contributed by atoms with E-state index in [0.29, 0.717) is 6.61 Å². The molecule has 0 aromatic heterocycles. The summed E-state index contributed by atoms with van der Waals surface area (Å²) in [5.41, 5.74) is 1.09. The van der Waals surface area contributed by atoms with Gasteiger partial charge in [0.05, 0.1) is 5.71 Å². The monoisotopic (exact) mass is 144 g/mol. The molecule has 58 valence electrons. The van der Waals surface area contributed by atoms with E-state index in [-0.39, 0.29) is 6.10 Å². The van der Waals surface area contributed by atoms with Crippen LogP contribution in [0.15, 0.2) is 5.16 Å². The highest BCUT2D eigenvalue weighted by atomic mass is 16.7. The number of nitrogens with zero attached hydrogens (tertiary/aromatic N) is 1. The zero-order valence-corrected chi connectivity index (χ0v) is 6.04. The van der Waals surface area contributed by atoms with Crippen molar-refractivity contribution in [1.82, 2.24) is 0 Å². The Hall–Kier alpha value is -0.610. The van der Waals surface area contributed by atoms with Crippen molar-refractivity contribution < 1.29 is 9.68 Å². The van der Waals surface area contributed by atoms with Crippen molar-refractivity contribution in [3.63, 3.8) is 0 Å². The Labute approximate surface area is 59.9 Å². The Kier molecular flexibility index (Phi) is 2.65. The molecule has 0 aliphatic carbocycles. The van der Waals surface area contributed by atoms with Gasteiger partial charge in [0.2, 0.25) is 0 Å². The van der Waals surface area contributed by atoms with E-state index in [0.717, 1.165) is 18.6 Å². The molecular weight excluding hydrogens is 132 g/mol. The Balaban J connectivity index is 2.22. The molecule has 4 heteroatoms. The summed E-state index contributed by atoms with van der Waals surface area (Å²) in [6.07, 6.45) is 1.84. The lowest BCUT2D eigenvalue weighted by atomic mass is 10.1. The fourth-order valence-electron chi connectivity index (χ4n) is 0.892. The minimum atomic E-state index is 0.0416. The highest BCUT2D eigenvalue weighted by Crippen LogP contribution is 2.11. The lowest BCUT2D eigenvalue weighted by Crippen LogP contribution is -2.18. The molecule has 0 spiro atoms. The molecule has 0 saturated carbocycles. The van der Waals surface area contributed by atoms with Crippen LogP contribution in [0.5, 0.6) is 0 Å². The number of rotatable bonds is 3. The third-order valence-electron chi connectivity index (χ3n) is 1.48. The summed E-state index contributed by atoms with van der Waals surface area (Å²) in [6.45, 7) is 2.47. The van der Waals surface area contributed by atoms with Gasteiger partial charge < -0.3 is 9.68 Å². The maximum Gasteiger partial charge on any atom is 0.158 e. The van der Waals surface area contributed by atoms with Gasteiger partial charge in [-0.1, -0.05) is 12.1 Å². The minimum absolute atomic E-state index is 0.0416. The number of hydrogen-bond acceptors (Lipinski definition) is 4. The summed E-state index contributed by atoms with van der Waals surface area (Å²) in [5, 5.41) is 3.84. The van der Waals surface area contributed by atoms with Crippen LogP contribution in [-0.2, 0) is 9.68 Å². The molecule has 1 unspecified atom stereocenters. The van der Waals surface area contributed by atoms with Crippen molar-refractivity contribution >= 4 is 5.71 Å². The van der Waals surface area contributed by atoms with E-state index >= 15 is 0 Å². The third kappa shape index (κ3) is 1.68. The highest BCUT2D eigenvalue weighted by Gasteiger charge is 2.18. The lowest BCUT2D eigenvalue weighted by Gasteiger charge is -2.03. The topological polar surface area (TPSA) is 56.8 Å². The van der Waals surface area contributed by atoms with Crippen molar-refractivity contribution in [2.45, 2.75) is 25.9 Å². The van der Waals surface area contributed by atoms with Crippen LogP contribution in [0.25, 0.3) is 0 Å². The molecule has 0 bridgehead atoms. The predicted octanol–water partition coefficient (Wildman–Crippen LogP) is 0.432. The Bertz CT molecular complexity index is 136. The van der Waals surface area contributed by atoms with E-state index in [2.05, 4.69) is 9.99 Å². The standard InChI is InChI=1S/C6H12N2O2/c1-2-5-3-6(4-9-7)10-8-5/h6H,2-4,7H2,1H3. The quantitative estimate of drug-likeness (QED) is 0.584. The molecule has 1 heterocycles. The zero-order valence-electron chi connectivity index (χ0n) is 6.04. The second-order valence-corrected chi connectivity index (χ2v) is 2.28. The number of oxime groups is 1. The van der Waals surface area contributed by atoms with Gasteiger partial charge >= 0.3 is 0 Å². The fraction of sp³-hybridized carbons (Fsp3) is 0.833. The van der Waals surface area contributed by atoms with Gasteiger partial charge in [0, 0.05) is 6.42 Å². The van der Waals surface area contributed by atoms with E-state index < -0.39 is 0 Å². The van der Waals surface area contributed by atoms with Gasteiger partial charge in [-0.25, -0.2) is 5.90 Å². The molecule has 2 N–H and O–H groups in total. The molecule has 1 rings (SSSR count). The van der Waals surface area contributed by atoms with Crippen molar-refractivity contribution in [1.29, 1.82) is 0 Å². The summed E-state index contributed by atoms with van der Waals surface area (Å²) in [6, 6.07) is 0. The summed E-state index contributed by atoms with van der Waals surface area (Å²) in [4.78, 5) is 9.40. The van der Waals surface area contributed by atoms with E-state index in [4.69, 9.17) is 10.7 Å². The van der Waals surface area contributed by atoms with E-state index in [1.54, 1.807) is 0 Å². The van der Waals surface area contributed by atoms with Crippen LogP contribution in [0.4, 0.5) is 0 Å². The maximum absolute atomic E-state index is 4.98. The number of hydrogen-bond donors (Lipinski definition) is 1. The molecule has 1 aliphatic rings. The minimum Gasteiger partial charge on any atom is -0.390 e. The van der Waals surface area contributed by atoms with Crippen LogP contribution < -0.4 is 5.90 Å². The third-order valence-corrected chi connectivity index (χ3v) is 1.48. The van der Waals surface area contributed by atoms with Gasteiger partial charge in [-0.2, -0.15) is 0 Å². The van der Waals surface area contributed by atoms with Crippen LogP contribution >= 0.6 is 0 Å². The molecule has 0 saturated heterocycles. The summed E-state index contributed by atoms with van der Waals surface area (Å²) < 4.78 is 0. The van der Waals surface area contributed by atoms with Crippen LogP contribution in [0, 0.1) is 0 Å². The van der Waals surface area contributed by atoms with Crippen molar-refractivity contribution in [3.8, 4) is 0 Å². The average Bonchev–Trinajstić information content (AvgIpc) is 2.37. The zero-order chi connectivity index (χ0) is 7.40. The highest BCUT2D eigenvalue weighted by molar-refractivity contribution is 5.85. The molecular formula is C6H12N2O2. The fourth-order valence-corrected chi connectivity index (χ4v) is 0.892. The van der Waals surface area contributed by atoms with Gasteiger partial charge in [0.25, 0.3) is 0 Å². The molecule has 10 heavy (non-hydrogen) atoms. The van der Waals surface area contributed by atoms with Gasteiger partial charge in [-0.05, 0) is 6.42 Å². The van der Waals surface area contributed by atoms with Crippen molar-refractivity contribution in [3.05, 3.63) is 0 Å². The molecule has 0 aromatic rings. The molecule has 0 radical (unpaired) electrons. The van der Waals surface area contributed by atoms with Crippen molar-refractivity contribution in [2.75, 3.05) is 6.61 Å². The van der Waals surface area contributed by atoms with E-state index in [1.807, 2.05) is 6.92 Å². The Morgan fingerprint density at radius 1 is 1.90 bits per heavy atom. The summed E-state index contributed by atoms with van der Waals surface area (Å²) in [5.74, 6) is 4.86. The Morgan fingerprint density at radius 3 is 3.20 bits per heavy atom. The molecule has 0 aromatic carbocycles. The molecule has 1 atom stereocenters. The first-order valence-corrected chi connectivity index (χ1v) is 3.40. The van der Waals surface area contributed by atoms with E-state index in [9.17, 15) is 0 Å². The maximum atomic E-state index is 4.98. The molecule has 0 fully saturated rings. The van der Waals surface area contributed by atoms with Crippen LogP contribution in [-0.4, -0.2) is 18.4 Å². The average molecular weight is 144 g/mol. The first-order chi connectivity index (χ1) is 4.86. The van der Waals surface area contributed by atoms with Gasteiger partial charge in [0.15, 0.2) is 6.10 Å². The van der Waals surface area contributed by atoms with Crippen LogP contribution in [0.1, 0.15) is 19.8 Å². The SMILES string of the molecule is CCC1=NOC(CON)C1. The lowest BCUT2D eigenvalue weighted by molar-refractivity contribution is 0.00234. The predicted molar refractivity (Wildman–Crippen MR) is 37.4 cm³/mol.